The lowest BCUT2D eigenvalue weighted by molar-refractivity contribution is 0.571. The number of hydrogen-bond acceptors (Lipinski definition) is 2. The van der Waals surface area contributed by atoms with E-state index in [4.69, 9.17) is 0 Å². The minimum atomic E-state index is 0.568. The highest BCUT2D eigenvalue weighted by Crippen LogP contribution is 2.32. The van der Waals surface area contributed by atoms with Crippen LogP contribution in [0.3, 0.4) is 0 Å². The van der Waals surface area contributed by atoms with E-state index in [1.54, 1.807) is 0 Å². The van der Waals surface area contributed by atoms with Gasteiger partial charge in [-0.25, -0.2) is 0 Å². The molecule has 1 heterocycles. The van der Waals surface area contributed by atoms with Crippen molar-refractivity contribution in [3.05, 3.63) is 34.9 Å². The van der Waals surface area contributed by atoms with Crippen LogP contribution < -0.4 is 5.32 Å². The van der Waals surface area contributed by atoms with Crippen molar-refractivity contribution in [3.8, 4) is 0 Å². The number of nitrogens with one attached hydrogen (secondary N) is 1. The molecule has 1 aliphatic rings. The summed E-state index contributed by atoms with van der Waals surface area (Å²) in [7, 11) is 0. The molecule has 0 saturated carbocycles. The van der Waals surface area contributed by atoms with Gasteiger partial charge in [0, 0.05) is 17.5 Å². The summed E-state index contributed by atoms with van der Waals surface area (Å²) in [5.74, 6) is 2.40. The summed E-state index contributed by atoms with van der Waals surface area (Å²) in [5.41, 5.74) is 4.43. The molecule has 2 rings (SSSR count). The summed E-state index contributed by atoms with van der Waals surface area (Å²) in [4.78, 5) is 0. The van der Waals surface area contributed by atoms with Crippen LogP contribution >= 0.6 is 11.8 Å². The summed E-state index contributed by atoms with van der Waals surface area (Å²) >= 11 is 2.04. The van der Waals surface area contributed by atoms with Gasteiger partial charge in [0.25, 0.3) is 0 Å². The minimum absolute atomic E-state index is 0.568. The normalized spacial score (nSPS) is 20.0. The maximum atomic E-state index is 3.63. The number of rotatable bonds is 3. The average Bonchev–Trinajstić information content (AvgIpc) is 2.26. The molecule has 0 saturated heterocycles. The molecule has 1 atom stereocenters. The standard InChI is InChI=1S/C13H19NS/c1-3-6-14-13-9-15-8-11-5-4-10(2)7-12(11)13/h4-5,7,13-14H,3,6,8-9H2,1-2H3. The minimum Gasteiger partial charge on any atom is -0.309 e. The van der Waals surface area contributed by atoms with Crippen LogP contribution in [0.15, 0.2) is 18.2 Å². The second-order valence-electron chi connectivity index (χ2n) is 4.22. The van der Waals surface area contributed by atoms with Crippen LogP contribution in [0.25, 0.3) is 0 Å². The maximum absolute atomic E-state index is 3.63. The molecule has 0 amide bonds. The molecule has 82 valence electrons. The molecule has 1 nitrogen and oxygen atoms in total. The van der Waals surface area contributed by atoms with Crippen LogP contribution in [0.5, 0.6) is 0 Å². The SMILES string of the molecule is CCCNC1CSCc2ccc(C)cc21. The van der Waals surface area contributed by atoms with E-state index in [1.807, 2.05) is 11.8 Å². The van der Waals surface area contributed by atoms with Crippen LogP contribution in [0.1, 0.15) is 36.1 Å². The zero-order chi connectivity index (χ0) is 10.7. The zero-order valence-electron chi connectivity index (χ0n) is 9.55. The number of fused-ring (bicyclic) bond motifs is 1. The van der Waals surface area contributed by atoms with Crippen molar-refractivity contribution in [3.63, 3.8) is 0 Å². The molecule has 15 heavy (non-hydrogen) atoms. The fraction of sp³-hybridized carbons (Fsp3) is 0.538. The molecule has 1 aliphatic heterocycles. The van der Waals surface area contributed by atoms with Crippen molar-refractivity contribution >= 4 is 11.8 Å². The first kappa shape index (κ1) is 11.0. The Morgan fingerprint density at radius 3 is 3.13 bits per heavy atom. The molecular weight excluding hydrogens is 202 g/mol. The van der Waals surface area contributed by atoms with Crippen LogP contribution in [-0.2, 0) is 5.75 Å². The molecule has 0 aliphatic carbocycles. The largest absolute Gasteiger partial charge is 0.309 e. The molecule has 1 aromatic carbocycles. The highest BCUT2D eigenvalue weighted by molar-refractivity contribution is 7.98. The number of aryl methyl sites for hydroxylation is 1. The van der Waals surface area contributed by atoms with E-state index in [-0.39, 0.29) is 0 Å². The lowest BCUT2D eigenvalue weighted by Crippen LogP contribution is -2.27. The van der Waals surface area contributed by atoms with Crippen LogP contribution in [0, 0.1) is 6.92 Å². The van der Waals surface area contributed by atoms with Crippen LogP contribution in [-0.4, -0.2) is 12.3 Å². The third kappa shape index (κ3) is 2.56. The predicted molar refractivity (Wildman–Crippen MR) is 68.4 cm³/mol. The molecule has 1 N–H and O–H groups in total. The van der Waals surface area contributed by atoms with Gasteiger partial charge < -0.3 is 5.32 Å². The smallest absolute Gasteiger partial charge is 0.0415 e. The van der Waals surface area contributed by atoms with Crippen LogP contribution in [0.2, 0.25) is 0 Å². The van der Waals surface area contributed by atoms with E-state index in [0.29, 0.717) is 6.04 Å². The van der Waals surface area contributed by atoms with Crippen molar-refractivity contribution in [2.45, 2.75) is 32.1 Å². The van der Waals surface area contributed by atoms with Gasteiger partial charge in [-0.2, -0.15) is 11.8 Å². The van der Waals surface area contributed by atoms with Gasteiger partial charge in [-0.15, -0.1) is 0 Å². The van der Waals surface area contributed by atoms with Gasteiger partial charge >= 0.3 is 0 Å². The van der Waals surface area contributed by atoms with Crippen molar-refractivity contribution in [2.24, 2.45) is 0 Å². The highest BCUT2D eigenvalue weighted by atomic mass is 32.2. The molecule has 1 unspecified atom stereocenters. The maximum Gasteiger partial charge on any atom is 0.0415 e. The Morgan fingerprint density at radius 1 is 1.47 bits per heavy atom. The van der Waals surface area contributed by atoms with Crippen molar-refractivity contribution in [1.29, 1.82) is 0 Å². The average molecular weight is 221 g/mol. The lowest BCUT2D eigenvalue weighted by atomic mass is 9.99. The first-order valence-electron chi connectivity index (χ1n) is 5.72. The summed E-state index contributed by atoms with van der Waals surface area (Å²) in [6.07, 6.45) is 1.21. The Labute approximate surface area is 96.7 Å². The van der Waals surface area contributed by atoms with Crippen molar-refractivity contribution in [1.82, 2.24) is 5.32 Å². The van der Waals surface area contributed by atoms with Gasteiger partial charge in [0.2, 0.25) is 0 Å². The Bertz CT molecular complexity index is 335. The molecule has 1 aromatic rings. The number of benzene rings is 1. The number of thioether (sulfide) groups is 1. The molecular formula is C13H19NS. The summed E-state index contributed by atoms with van der Waals surface area (Å²) in [5, 5.41) is 3.63. The molecule has 2 heteroatoms. The van der Waals surface area contributed by atoms with E-state index in [0.717, 1.165) is 6.54 Å². The van der Waals surface area contributed by atoms with E-state index in [2.05, 4.69) is 37.4 Å². The van der Waals surface area contributed by atoms with E-state index in [1.165, 1.54) is 34.6 Å². The van der Waals surface area contributed by atoms with E-state index in [9.17, 15) is 0 Å². The summed E-state index contributed by atoms with van der Waals surface area (Å²) in [6.45, 7) is 5.53. The van der Waals surface area contributed by atoms with Gasteiger partial charge in [0.15, 0.2) is 0 Å². The lowest BCUT2D eigenvalue weighted by Gasteiger charge is -2.26. The van der Waals surface area contributed by atoms with Gasteiger partial charge in [0.1, 0.15) is 0 Å². The molecule has 0 aromatic heterocycles. The third-order valence-electron chi connectivity index (χ3n) is 2.86. The van der Waals surface area contributed by atoms with Crippen molar-refractivity contribution in [2.75, 3.05) is 12.3 Å². The molecule has 0 bridgehead atoms. The molecule has 0 radical (unpaired) electrons. The topological polar surface area (TPSA) is 12.0 Å². The number of hydrogen-bond donors (Lipinski definition) is 1. The Hall–Kier alpha value is -0.470. The fourth-order valence-corrected chi connectivity index (χ4v) is 3.17. The van der Waals surface area contributed by atoms with Gasteiger partial charge in [-0.1, -0.05) is 30.7 Å². The monoisotopic (exact) mass is 221 g/mol. The van der Waals surface area contributed by atoms with E-state index < -0.39 is 0 Å². The zero-order valence-corrected chi connectivity index (χ0v) is 10.4. The van der Waals surface area contributed by atoms with Gasteiger partial charge in [0.05, 0.1) is 0 Å². The first-order valence-corrected chi connectivity index (χ1v) is 6.87. The predicted octanol–water partition coefficient (Wildman–Crippen LogP) is 3.28. The highest BCUT2D eigenvalue weighted by Gasteiger charge is 2.19. The molecule has 0 fully saturated rings. The van der Waals surface area contributed by atoms with Crippen LogP contribution in [0.4, 0.5) is 0 Å². The summed E-state index contributed by atoms with van der Waals surface area (Å²) < 4.78 is 0. The quantitative estimate of drug-likeness (QED) is 0.840. The first-order chi connectivity index (χ1) is 7.31. The Morgan fingerprint density at radius 2 is 2.33 bits per heavy atom. The molecule has 0 spiro atoms. The summed E-state index contributed by atoms with van der Waals surface area (Å²) in [6, 6.07) is 7.43. The Kier molecular flexibility index (Phi) is 3.71. The Balaban J connectivity index is 2.20. The van der Waals surface area contributed by atoms with Gasteiger partial charge in [-0.05, 0) is 31.0 Å². The van der Waals surface area contributed by atoms with Crippen molar-refractivity contribution < 1.29 is 0 Å². The second kappa shape index (κ2) is 5.04. The van der Waals surface area contributed by atoms with Gasteiger partial charge in [-0.3, -0.25) is 0 Å². The fourth-order valence-electron chi connectivity index (χ4n) is 2.03. The second-order valence-corrected chi connectivity index (χ2v) is 5.25. The third-order valence-corrected chi connectivity index (χ3v) is 3.94. The van der Waals surface area contributed by atoms with E-state index >= 15 is 0 Å².